The molecule has 0 amide bonds. The van der Waals surface area contributed by atoms with Crippen molar-refractivity contribution in [1.82, 2.24) is 0 Å². The zero-order valence-corrected chi connectivity index (χ0v) is 39.4. The molecule has 2 heterocycles. The lowest BCUT2D eigenvalue weighted by Gasteiger charge is -2.45. The predicted molar refractivity (Wildman–Crippen MR) is 258 cm³/mol. The minimum absolute atomic E-state index is 0.0204. The van der Waals surface area contributed by atoms with E-state index in [1.807, 2.05) is 86.6 Å². The van der Waals surface area contributed by atoms with Gasteiger partial charge in [-0.05, 0) is 42.5 Å². The number of benzene rings is 4. The summed E-state index contributed by atoms with van der Waals surface area (Å²) in [5, 5.41) is 0. The third kappa shape index (κ3) is 17.0. The van der Waals surface area contributed by atoms with Crippen LogP contribution in [0.3, 0.4) is 0 Å². The second-order valence-electron chi connectivity index (χ2n) is 18.5. The van der Waals surface area contributed by atoms with Crippen LogP contribution in [-0.4, -0.2) is 55.1 Å². The molecule has 4 aromatic carbocycles. The Balaban J connectivity index is 1.18. The highest BCUT2D eigenvalue weighted by atomic mass is 16.8. The molecule has 0 bridgehead atoms. The fourth-order valence-electron chi connectivity index (χ4n) is 9.09. The van der Waals surface area contributed by atoms with Crippen molar-refractivity contribution in [2.45, 2.75) is 186 Å². The van der Waals surface area contributed by atoms with E-state index in [2.05, 4.69) is 74.5 Å². The lowest BCUT2D eigenvalue weighted by Crippen LogP contribution is -2.60. The normalized spacial score (nSPS) is 23.7. The van der Waals surface area contributed by atoms with Crippen LogP contribution >= 0.6 is 0 Å². The zero-order chi connectivity index (χ0) is 44.7. The van der Waals surface area contributed by atoms with E-state index in [0.29, 0.717) is 33.0 Å². The average Bonchev–Trinajstić information content (AvgIpc) is 3.64. The molecule has 6 rings (SSSR count). The predicted octanol–water partition coefficient (Wildman–Crippen LogP) is 13.5. The van der Waals surface area contributed by atoms with Crippen molar-refractivity contribution in [3.05, 3.63) is 156 Å². The van der Waals surface area contributed by atoms with Gasteiger partial charge in [0, 0.05) is 5.92 Å². The van der Waals surface area contributed by atoms with Crippen molar-refractivity contribution in [2.75, 3.05) is 6.61 Å². The Kier molecular flexibility index (Phi) is 21.6. The third-order valence-electron chi connectivity index (χ3n) is 12.6. The number of ether oxygens (including phenoxy) is 7. The van der Waals surface area contributed by atoms with E-state index in [0.717, 1.165) is 35.1 Å². The fraction of sp³-hybridized carbons (Fsp3) is 0.544. The van der Waals surface area contributed by atoms with Crippen molar-refractivity contribution < 1.29 is 33.2 Å². The van der Waals surface area contributed by atoms with Gasteiger partial charge >= 0.3 is 0 Å². The van der Waals surface area contributed by atoms with Crippen LogP contribution in [0.4, 0.5) is 0 Å². The first-order valence-electron chi connectivity index (χ1n) is 24.7. The summed E-state index contributed by atoms with van der Waals surface area (Å²) in [4.78, 5) is 0. The van der Waals surface area contributed by atoms with Crippen LogP contribution in [0.25, 0.3) is 0 Å². The molecular weight excluding hydrogens is 797 g/mol. The van der Waals surface area contributed by atoms with E-state index >= 15 is 0 Å². The first-order valence-corrected chi connectivity index (χ1v) is 24.7. The van der Waals surface area contributed by atoms with Gasteiger partial charge in [-0.25, -0.2) is 0 Å². The number of rotatable bonds is 29. The molecule has 348 valence electrons. The number of unbranched alkanes of at least 4 members (excludes halogenated alkanes) is 11. The molecule has 2 fully saturated rings. The summed E-state index contributed by atoms with van der Waals surface area (Å²) in [6.07, 6.45) is 19.0. The Bertz CT molecular complexity index is 1820. The molecular formula is C57H78O7. The van der Waals surface area contributed by atoms with Crippen molar-refractivity contribution in [3.8, 4) is 0 Å². The van der Waals surface area contributed by atoms with Gasteiger partial charge in [-0.15, -0.1) is 0 Å². The van der Waals surface area contributed by atoms with Gasteiger partial charge in [0.05, 0.1) is 45.2 Å². The summed E-state index contributed by atoms with van der Waals surface area (Å²) in [6.45, 7) is 10.6. The summed E-state index contributed by atoms with van der Waals surface area (Å²) >= 11 is 0. The van der Waals surface area contributed by atoms with E-state index in [9.17, 15) is 0 Å². The highest BCUT2D eigenvalue weighted by Crippen LogP contribution is 2.37. The fourth-order valence-corrected chi connectivity index (χ4v) is 9.09. The SMILES string of the molecule is CCCCCCCCCCCCCC[C@H]1OC(C)(C)O[C@H]1[C@@H](C)/C=C/[C@H]1OC(COCc2ccccc2)[C@H](OCc2ccccc2)C(OCc2ccccc2)C1OCc1ccccc1. The summed E-state index contributed by atoms with van der Waals surface area (Å²) in [7, 11) is 0. The van der Waals surface area contributed by atoms with Gasteiger partial charge in [0.25, 0.3) is 0 Å². The maximum atomic E-state index is 7.12. The molecule has 0 N–H and O–H groups in total. The minimum atomic E-state index is -0.641. The molecule has 2 saturated heterocycles. The molecule has 0 aliphatic carbocycles. The van der Waals surface area contributed by atoms with Crippen LogP contribution in [0.2, 0.25) is 0 Å². The van der Waals surface area contributed by atoms with Crippen LogP contribution in [0.1, 0.15) is 133 Å². The summed E-state index contributed by atoms with van der Waals surface area (Å²) in [6, 6.07) is 41.1. The molecule has 2 aliphatic rings. The lowest BCUT2D eigenvalue weighted by atomic mass is 9.91. The Hall–Kier alpha value is -3.66. The highest BCUT2D eigenvalue weighted by Gasteiger charge is 2.48. The van der Waals surface area contributed by atoms with E-state index in [1.54, 1.807) is 0 Å². The number of hydrogen-bond donors (Lipinski definition) is 0. The maximum Gasteiger partial charge on any atom is 0.163 e. The van der Waals surface area contributed by atoms with Crippen LogP contribution in [0, 0.1) is 5.92 Å². The van der Waals surface area contributed by atoms with E-state index in [4.69, 9.17) is 33.2 Å². The van der Waals surface area contributed by atoms with Crippen LogP contribution in [-0.2, 0) is 59.6 Å². The molecule has 2 aliphatic heterocycles. The zero-order valence-electron chi connectivity index (χ0n) is 39.4. The van der Waals surface area contributed by atoms with Crippen LogP contribution in [0.15, 0.2) is 133 Å². The molecule has 0 aromatic heterocycles. The standard InChI is InChI=1S/C57H78O7/c1-5-6-7-8-9-10-11-12-13-14-15-28-37-51-53(64-57(3,4)63-51)45(2)38-39-50-54(59-41-47-31-22-17-23-32-47)56(61-43-49-35-26-19-27-36-49)55(60-42-48-33-24-18-25-34-48)52(62-50)44-58-40-46-29-20-16-21-30-46/h16-27,29-36,38-39,45,50-56H,5-15,28,37,40-44H2,1-4H3/b39-38+/t45-,50+,51+,52?,53-,54?,55-,56?/m0/s1. The van der Waals surface area contributed by atoms with Gasteiger partial charge in [-0.1, -0.05) is 224 Å². The van der Waals surface area contributed by atoms with Crippen molar-refractivity contribution >= 4 is 0 Å². The quantitative estimate of drug-likeness (QED) is 0.0398. The Labute approximate surface area is 386 Å². The first-order chi connectivity index (χ1) is 31.4. The van der Waals surface area contributed by atoms with E-state index in [1.165, 1.54) is 70.6 Å². The van der Waals surface area contributed by atoms with E-state index < -0.39 is 36.3 Å². The average molecular weight is 875 g/mol. The highest BCUT2D eigenvalue weighted by molar-refractivity contribution is 5.17. The molecule has 64 heavy (non-hydrogen) atoms. The van der Waals surface area contributed by atoms with Crippen molar-refractivity contribution in [2.24, 2.45) is 5.92 Å². The van der Waals surface area contributed by atoms with Gasteiger partial charge in [0.1, 0.15) is 30.5 Å². The van der Waals surface area contributed by atoms with E-state index in [-0.39, 0.29) is 18.1 Å². The maximum absolute atomic E-state index is 7.12. The largest absolute Gasteiger partial charge is 0.374 e. The molecule has 7 nitrogen and oxygen atoms in total. The van der Waals surface area contributed by atoms with Gasteiger partial charge in [-0.3, -0.25) is 0 Å². The molecule has 0 saturated carbocycles. The summed E-state index contributed by atoms with van der Waals surface area (Å²) in [5.41, 5.74) is 4.34. The minimum Gasteiger partial charge on any atom is -0.374 e. The molecule has 0 spiro atoms. The second-order valence-corrected chi connectivity index (χ2v) is 18.5. The Morgan fingerprint density at radius 1 is 0.516 bits per heavy atom. The van der Waals surface area contributed by atoms with Gasteiger partial charge in [0.15, 0.2) is 5.79 Å². The van der Waals surface area contributed by atoms with Crippen LogP contribution < -0.4 is 0 Å². The molecule has 4 aromatic rings. The molecule has 8 atom stereocenters. The topological polar surface area (TPSA) is 64.6 Å². The van der Waals surface area contributed by atoms with Gasteiger partial charge < -0.3 is 33.2 Å². The number of hydrogen-bond acceptors (Lipinski definition) is 7. The molecule has 7 heteroatoms. The summed E-state index contributed by atoms with van der Waals surface area (Å²) in [5.74, 6) is -0.580. The molecule has 0 radical (unpaired) electrons. The summed E-state index contributed by atoms with van der Waals surface area (Å²) < 4.78 is 47.6. The smallest absolute Gasteiger partial charge is 0.163 e. The van der Waals surface area contributed by atoms with Crippen molar-refractivity contribution in [3.63, 3.8) is 0 Å². The Morgan fingerprint density at radius 2 is 0.953 bits per heavy atom. The monoisotopic (exact) mass is 875 g/mol. The first kappa shape index (κ1) is 49.8. The van der Waals surface area contributed by atoms with Crippen LogP contribution in [0.5, 0.6) is 0 Å². The Morgan fingerprint density at radius 3 is 1.45 bits per heavy atom. The molecule has 3 unspecified atom stereocenters. The van der Waals surface area contributed by atoms with Crippen molar-refractivity contribution in [1.29, 1.82) is 0 Å². The third-order valence-corrected chi connectivity index (χ3v) is 12.6. The lowest BCUT2D eigenvalue weighted by molar-refractivity contribution is -0.263. The van der Waals surface area contributed by atoms with Gasteiger partial charge in [-0.2, -0.15) is 0 Å². The van der Waals surface area contributed by atoms with Gasteiger partial charge in [0.2, 0.25) is 0 Å². The second kappa shape index (κ2) is 27.7.